The average Bonchev–Trinajstić information content (AvgIpc) is 3.46. The molecule has 1 aromatic heterocycles. The number of carbonyl (C=O) groups is 2. The minimum atomic E-state index is -4.42. The number of piperazine rings is 1. The van der Waals surface area contributed by atoms with E-state index in [-0.39, 0.29) is 55.8 Å². The number of hydrogen-bond donors (Lipinski definition) is 1. The fraction of sp³-hybridized carbons (Fsp3) is 0.607. The van der Waals surface area contributed by atoms with Gasteiger partial charge in [0.25, 0.3) is 5.91 Å². The van der Waals surface area contributed by atoms with Crippen LogP contribution in [0.25, 0.3) is 0 Å². The number of likely N-dealkylation sites (tertiary alicyclic amines) is 1. The van der Waals surface area contributed by atoms with Crippen molar-refractivity contribution in [1.82, 2.24) is 19.6 Å². The molecule has 2 aliphatic heterocycles. The first-order valence-corrected chi connectivity index (χ1v) is 13.9. The van der Waals surface area contributed by atoms with Crippen LogP contribution in [0.15, 0.2) is 18.2 Å². The summed E-state index contributed by atoms with van der Waals surface area (Å²) < 4.78 is 54.9. The number of carbonyl (C=O) groups excluding carboxylic acids is 2. The Morgan fingerprint density at radius 3 is 2.42 bits per heavy atom. The van der Waals surface area contributed by atoms with Gasteiger partial charge in [0.15, 0.2) is 5.69 Å². The van der Waals surface area contributed by atoms with Crippen molar-refractivity contribution < 1.29 is 32.3 Å². The quantitative estimate of drug-likeness (QED) is 0.566. The van der Waals surface area contributed by atoms with Gasteiger partial charge in [0.2, 0.25) is 5.91 Å². The summed E-state index contributed by atoms with van der Waals surface area (Å²) in [6.45, 7) is 2.73. The number of fused-ring (bicyclic) bond motifs is 3. The van der Waals surface area contributed by atoms with E-state index in [0.717, 1.165) is 30.2 Å². The van der Waals surface area contributed by atoms with E-state index < -0.39 is 24.0 Å². The molecule has 12 heteroatoms. The Kier molecular flexibility index (Phi) is 6.59. The van der Waals surface area contributed by atoms with Crippen LogP contribution < -0.4 is 4.90 Å². The van der Waals surface area contributed by atoms with Crippen molar-refractivity contribution >= 4 is 17.5 Å². The maximum atomic E-state index is 13.4. The molecule has 1 N–H and O–H groups in total. The Hall–Kier alpha value is -3.15. The highest BCUT2D eigenvalue weighted by atomic mass is 19.4. The first-order chi connectivity index (χ1) is 19.0. The van der Waals surface area contributed by atoms with Crippen LogP contribution in [-0.4, -0.2) is 88.0 Å². The van der Waals surface area contributed by atoms with Crippen molar-refractivity contribution in [2.75, 3.05) is 50.8 Å². The third-order valence-corrected chi connectivity index (χ3v) is 9.15. The van der Waals surface area contributed by atoms with Crippen LogP contribution in [0.5, 0.6) is 0 Å². The van der Waals surface area contributed by atoms with E-state index in [1.54, 1.807) is 20.5 Å². The molecule has 216 valence electrons. The summed E-state index contributed by atoms with van der Waals surface area (Å²) in [5.74, 6) is 0.375. The van der Waals surface area contributed by atoms with E-state index in [0.29, 0.717) is 43.5 Å². The van der Waals surface area contributed by atoms with Gasteiger partial charge in [0, 0.05) is 56.2 Å². The zero-order valence-corrected chi connectivity index (χ0v) is 22.4. The lowest BCUT2D eigenvalue weighted by molar-refractivity contribution is -0.138. The number of piperidine rings is 1. The summed E-state index contributed by atoms with van der Waals surface area (Å²) >= 11 is 0. The van der Waals surface area contributed by atoms with Gasteiger partial charge in [-0.1, -0.05) is 6.07 Å². The fourth-order valence-electron chi connectivity index (χ4n) is 6.59. The van der Waals surface area contributed by atoms with Crippen molar-refractivity contribution in [1.29, 1.82) is 0 Å². The van der Waals surface area contributed by atoms with Crippen LogP contribution >= 0.6 is 0 Å². The number of nitrogens with zero attached hydrogens (tertiary/aromatic N) is 5. The molecule has 6 rings (SSSR count). The zero-order chi connectivity index (χ0) is 28.4. The number of halogens is 4. The lowest BCUT2D eigenvalue weighted by Gasteiger charge is -2.37. The largest absolute Gasteiger partial charge is 0.416 e. The molecule has 0 spiro atoms. The third kappa shape index (κ3) is 4.73. The van der Waals surface area contributed by atoms with Crippen molar-refractivity contribution in [3.8, 4) is 0 Å². The smallest absolute Gasteiger partial charge is 0.387 e. The number of aliphatic hydroxyl groups is 1. The Bertz CT molecular complexity index is 1330. The molecule has 2 aliphatic carbocycles. The molecule has 8 nitrogen and oxygen atoms in total. The van der Waals surface area contributed by atoms with Gasteiger partial charge >= 0.3 is 6.18 Å². The van der Waals surface area contributed by atoms with Crippen LogP contribution in [0, 0.1) is 12.8 Å². The van der Waals surface area contributed by atoms with Crippen molar-refractivity contribution in [2.24, 2.45) is 5.92 Å². The second kappa shape index (κ2) is 9.74. The summed E-state index contributed by atoms with van der Waals surface area (Å²) in [4.78, 5) is 31.9. The maximum absolute atomic E-state index is 13.4. The molecule has 2 saturated heterocycles. The van der Waals surface area contributed by atoms with Gasteiger partial charge in [-0.25, -0.2) is 4.39 Å². The minimum absolute atomic E-state index is 0.000752. The Morgan fingerprint density at radius 2 is 1.77 bits per heavy atom. The van der Waals surface area contributed by atoms with Crippen LogP contribution in [0.1, 0.15) is 58.1 Å². The molecule has 0 bridgehead atoms. The molecule has 2 atom stereocenters. The van der Waals surface area contributed by atoms with Crippen molar-refractivity contribution in [3.63, 3.8) is 0 Å². The number of alkyl halides is 4. The first-order valence-electron chi connectivity index (χ1n) is 13.9. The Labute approximate surface area is 229 Å². The first kappa shape index (κ1) is 27.0. The van der Waals surface area contributed by atoms with E-state index in [2.05, 4.69) is 5.10 Å². The van der Waals surface area contributed by atoms with Crippen molar-refractivity contribution in [3.05, 3.63) is 46.3 Å². The zero-order valence-electron chi connectivity index (χ0n) is 22.4. The summed E-state index contributed by atoms with van der Waals surface area (Å²) in [6, 6.07) is 4.17. The molecule has 40 heavy (non-hydrogen) atoms. The molecular formula is C28H33F4N5O3. The third-order valence-electron chi connectivity index (χ3n) is 9.15. The van der Waals surface area contributed by atoms with Gasteiger partial charge in [0.1, 0.15) is 13.2 Å². The van der Waals surface area contributed by atoms with Crippen LogP contribution in [0.4, 0.5) is 23.2 Å². The van der Waals surface area contributed by atoms with E-state index in [1.165, 1.54) is 13.0 Å². The standard InChI is InChI=1S/C28H33F4N5O3/c1-17-20(28(30,31)32)3-2-4-21(17)34-9-11-35(12-10-34)23(38)15-37-22-14-18-13-19(18)24(22)25(33-37)26(39)36-7-5-27(40,16-29)6-8-36/h2-4,18-19,40H,5-16H2,1H3. The molecule has 2 aromatic rings. The number of amides is 2. The van der Waals surface area contributed by atoms with E-state index in [1.807, 2.05) is 4.90 Å². The van der Waals surface area contributed by atoms with E-state index >= 15 is 0 Å². The van der Waals surface area contributed by atoms with Gasteiger partial charge in [0.05, 0.1) is 11.2 Å². The molecule has 4 aliphatic rings. The van der Waals surface area contributed by atoms with Gasteiger partial charge in [-0.3, -0.25) is 14.3 Å². The molecule has 1 aromatic carbocycles. The van der Waals surface area contributed by atoms with Crippen LogP contribution in [0.3, 0.4) is 0 Å². The molecule has 3 heterocycles. The lowest BCUT2D eigenvalue weighted by atomic mass is 9.92. The molecule has 2 amide bonds. The van der Waals surface area contributed by atoms with E-state index in [4.69, 9.17) is 0 Å². The normalized spacial score (nSPS) is 23.7. The highest BCUT2D eigenvalue weighted by Crippen LogP contribution is 2.57. The predicted molar refractivity (Wildman–Crippen MR) is 138 cm³/mol. The lowest BCUT2D eigenvalue weighted by Crippen LogP contribution is -2.50. The second-order valence-electron chi connectivity index (χ2n) is 11.6. The average molecular weight is 564 g/mol. The number of aromatic nitrogens is 2. The van der Waals surface area contributed by atoms with Gasteiger partial charge in [-0.05, 0) is 62.1 Å². The van der Waals surface area contributed by atoms with E-state index in [9.17, 15) is 32.3 Å². The minimum Gasteiger partial charge on any atom is -0.387 e. The fourth-order valence-corrected chi connectivity index (χ4v) is 6.59. The Morgan fingerprint density at radius 1 is 1.07 bits per heavy atom. The highest BCUT2D eigenvalue weighted by molar-refractivity contribution is 5.95. The second-order valence-corrected chi connectivity index (χ2v) is 11.6. The predicted octanol–water partition coefficient (Wildman–Crippen LogP) is 3.16. The summed E-state index contributed by atoms with van der Waals surface area (Å²) in [6.07, 6.45) is -2.29. The van der Waals surface area contributed by atoms with Gasteiger partial charge in [-0.15, -0.1) is 0 Å². The summed E-state index contributed by atoms with van der Waals surface area (Å²) in [5, 5.41) is 14.8. The summed E-state index contributed by atoms with van der Waals surface area (Å²) in [7, 11) is 0. The summed E-state index contributed by atoms with van der Waals surface area (Å²) in [5.41, 5.74) is 0.895. The van der Waals surface area contributed by atoms with Crippen LogP contribution in [-0.2, 0) is 23.9 Å². The monoisotopic (exact) mass is 563 g/mol. The molecule has 0 radical (unpaired) electrons. The molecule has 2 unspecified atom stereocenters. The van der Waals surface area contributed by atoms with Gasteiger partial charge in [-0.2, -0.15) is 18.3 Å². The number of hydrogen-bond acceptors (Lipinski definition) is 5. The molecule has 1 saturated carbocycles. The van der Waals surface area contributed by atoms with Crippen LogP contribution in [0.2, 0.25) is 0 Å². The number of benzene rings is 1. The molecule has 3 fully saturated rings. The highest BCUT2D eigenvalue weighted by Gasteiger charge is 2.51. The SMILES string of the molecule is Cc1c(N2CCN(C(=O)Cn3nc(C(=O)N4CCC(O)(CF)CC4)c4c3CC3CC43)CC2)cccc1C(F)(F)F. The topological polar surface area (TPSA) is 81.9 Å². The number of rotatable bonds is 5. The molecular weight excluding hydrogens is 530 g/mol. The number of anilines is 1. The maximum Gasteiger partial charge on any atom is 0.416 e. The van der Waals surface area contributed by atoms with Gasteiger partial charge < -0.3 is 19.8 Å². The Balaban J connectivity index is 1.13. The van der Waals surface area contributed by atoms with Crippen molar-refractivity contribution in [2.45, 2.75) is 56.8 Å².